The first-order chi connectivity index (χ1) is 15.4. The molecule has 0 fully saturated rings. The van der Waals surface area contributed by atoms with E-state index in [0.29, 0.717) is 23.1 Å². The number of nitrogens with one attached hydrogen (secondary N) is 1. The Hall–Kier alpha value is -3.23. The van der Waals surface area contributed by atoms with Crippen LogP contribution in [0.5, 0.6) is 11.5 Å². The average molecular weight is 473 g/mol. The van der Waals surface area contributed by atoms with E-state index >= 15 is 0 Å². The lowest BCUT2D eigenvalue weighted by Crippen LogP contribution is -2.48. The molecule has 0 spiro atoms. The van der Waals surface area contributed by atoms with Crippen molar-refractivity contribution in [1.29, 1.82) is 0 Å². The Labute approximate surface area is 191 Å². The van der Waals surface area contributed by atoms with Crippen molar-refractivity contribution in [3.63, 3.8) is 0 Å². The highest BCUT2D eigenvalue weighted by Crippen LogP contribution is 2.39. The monoisotopic (exact) mass is 472 g/mol. The molecule has 0 saturated carbocycles. The van der Waals surface area contributed by atoms with Gasteiger partial charge < -0.3 is 14.8 Å². The molecular formula is C23H21ClN2O5S. The fourth-order valence-electron chi connectivity index (χ4n) is 3.33. The smallest absolute Gasteiger partial charge is 0.267 e. The number of anilines is 2. The van der Waals surface area contributed by atoms with Crippen molar-refractivity contribution in [1.82, 2.24) is 0 Å². The summed E-state index contributed by atoms with van der Waals surface area (Å²) in [5.41, 5.74) is 0.827. The minimum atomic E-state index is -3.95. The number of sulfonamides is 1. The number of carbonyl (C=O) groups is 1. The second kappa shape index (κ2) is 9.10. The zero-order chi connectivity index (χ0) is 22.7. The molecule has 0 unspecified atom stereocenters. The van der Waals surface area contributed by atoms with Gasteiger partial charge in [0.15, 0.2) is 6.10 Å². The highest BCUT2D eigenvalue weighted by molar-refractivity contribution is 7.92. The predicted molar refractivity (Wildman–Crippen MR) is 123 cm³/mol. The molecule has 0 radical (unpaired) electrons. The first-order valence-corrected chi connectivity index (χ1v) is 11.8. The van der Waals surface area contributed by atoms with Crippen LogP contribution in [0.3, 0.4) is 0 Å². The molecule has 1 N–H and O–H groups in total. The Morgan fingerprint density at radius 1 is 1.12 bits per heavy atom. The molecule has 32 heavy (non-hydrogen) atoms. The first kappa shape index (κ1) is 22.0. The van der Waals surface area contributed by atoms with Crippen molar-refractivity contribution in [2.45, 2.75) is 17.9 Å². The first-order valence-electron chi connectivity index (χ1n) is 9.96. The number of rotatable bonds is 6. The number of nitrogens with zero attached hydrogens (tertiary/aromatic N) is 1. The van der Waals surface area contributed by atoms with Crippen LogP contribution in [0.2, 0.25) is 5.02 Å². The van der Waals surface area contributed by atoms with Crippen molar-refractivity contribution < 1.29 is 22.7 Å². The summed E-state index contributed by atoms with van der Waals surface area (Å²) in [5.74, 6) is 0.473. The number of benzene rings is 3. The number of ether oxygens (including phenoxy) is 2. The maximum Gasteiger partial charge on any atom is 0.267 e. The van der Waals surface area contributed by atoms with E-state index < -0.39 is 22.0 Å². The molecule has 1 aliphatic rings. The van der Waals surface area contributed by atoms with E-state index in [1.165, 1.54) is 18.2 Å². The molecule has 0 aliphatic carbocycles. The summed E-state index contributed by atoms with van der Waals surface area (Å²) in [6.07, 6.45) is -1.06. The molecule has 3 aromatic carbocycles. The molecule has 7 nitrogen and oxygen atoms in total. The predicted octanol–water partition coefficient (Wildman–Crippen LogP) is 4.33. The Kier molecular flexibility index (Phi) is 6.25. The summed E-state index contributed by atoms with van der Waals surface area (Å²) in [4.78, 5) is 13.1. The number of hydrogen-bond acceptors (Lipinski definition) is 5. The molecule has 4 rings (SSSR count). The van der Waals surface area contributed by atoms with E-state index in [0.717, 1.165) is 4.31 Å². The summed E-state index contributed by atoms with van der Waals surface area (Å²) >= 11 is 6.11. The van der Waals surface area contributed by atoms with Gasteiger partial charge in [-0.15, -0.1) is 0 Å². The molecule has 0 aromatic heterocycles. The molecule has 9 heteroatoms. The summed E-state index contributed by atoms with van der Waals surface area (Å²) < 4.78 is 39.1. The lowest BCUT2D eigenvalue weighted by atomic mass is 10.2. The van der Waals surface area contributed by atoms with Crippen LogP contribution < -0.4 is 19.1 Å². The normalized spacial score (nSPS) is 15.4. The fraction of sp³-hybridized carbons (Fsp3) is 0.174. The molecule has 1 heterocycles. The fourth-order valence-corrected chi connectivity index (χ4v) is 4.99. The minimum Gasteiger partial charge on any atom is -0.494 e. The molecule has 166 valence electrons. The standard InChI is InChI=1S/C23H21ClN2O5S/c1-2-30-18-11-9-17(10-12-18)25-23(27)22-15-26(20-14-16(24)8-13-21(20)31-22)32(28,29)19-6-4-3-5-7-19/h3-14,22H,2,15H2,1H3,(H,25,27)/t22-/m1/s1. The van der Waals surface area contributed by atoms with Gasteiger partial charge in [-0.1, -0.05) is 29.8 Å². The van der Waals surface area contributed by atoms with Gasteiger partial charge in [-0.25, -0.2) is 8.42 Å². The van der Waals surface area contributed by atoms with Gasteiger partial charge in [0, 0.05) is 10.7 Å². The topological polar surface area (TPSA) is 84.9 Å². The van der Waals surface area contributed by atoms with E-state index in [4.69, 9.17) is 21.1 Å². The van der Waals surface area contributed by atoms with Gasteiger partial charge in [-0.05, 0) is 61.5 Å². The van der Waals surface area contributed by atoms with Gasteiger partial charge >= 0.3 is 0 Å². The van der Waals surface area contributed by atoms with Crippen LogP contribution in [-0.2, 0) is 14.8 Å². The van der Waals surface area contributed by atoms with Crippen molar-refractivity contribution in [2.75, 3.05) is 22.8 Å². The van der Waals surface area contributed by atoms with Crippen molar-refractivity contribution in [3.05, 3.63) is 77.8 Å². The lowest BCUT2D eigenvalue weighted by molar-refractivity contribution is -0.122. The van der Waals surface area contributed by atoms with Crippen LogP contribution in [0.1, 0.15) is 6.92 Å². The Morgan fingerprint density at radius 2 is 1.84 bits per heavy atom. The van der Waals surface area contributed by atoms with Crippen LogP contribution >= 0.6 is 11.6 Å². The summed E-state index contributed by atoms with van der Waals surface area (Å²) in [6, 6.07) is 19.6. The maximum absolute atomic E-state index is 13.4. The van der Waals surface area contributed by atoms with Crippen LogP contribution in [0.15, 0.2) is 77.7 Å². The number of hydrogen-bond donors (Lipinski definition) is 1. The van der Waals surface area contributed by atoms with E-state index in [-0.39, 0.29) is 22.9 Å². The lowest BCUT2D eigenvalue weighted by Gasteiger charge is -2.34. The summed E-state index contributed by atoms with van der Waals surface area (Å²) in [7, 11) is -3.95. The third kappa shape index (κ3) is 4.51. The number of amides is 1. The van der Waals surface area contributed by atoms with Gasteiger partial charge in [-0.2, -0.15) is 0 Å². The van der Waals surface area contributed by atoms with Crippen LogP contribution in [0.25, 0.3) is 0 Å². The zero-order valence-electron chi connectivity index (χ0n) is 17.2. The van der Waals surface area contributed by atoms with Crippen LogP contribution in [0.4, 0.5) is 11.4 Å². The Balaban J connectivity index is 1.62. The number of halogens is 1. The average Bonchev–Trinajstić information content (AvgIpc) is 2.80. The van der Waals surface area contributed by atoms with E-state index in [1.807, 2.05) is 6.92 Å². The zero-order valence-corrected chi connectivity index (χ0v) is 18.8. The highest BCUT2D eigenvalue weighted by Gasteiger charge is 2.37. The van der Waals surface area contributed by atoms with Gasteiger partial charge in [-0.3, -0.25) is 9.10 Å². The van der Waals surface area contributed by atoms with Crippen molar-refractivity contribution >= 4 is 38.9 Å². The SMILES string of the molecule is CCOc1ccc(NC(=O)[C@H]2CN(S(=O)(=O)c3ccccc3)c3cc(Cl)ccc3O2)cc1. The van der Waals surface area contributed by atoms with Crippen LogP contribution in [-0.4, -0.2) is 33.6 Å². The van der Waals surface area contributed by atoms with E-state index in [9.17, 15) is 13.2 Å². The van der Waals surface area contributed by atoms with Crippen molar-refractivity contribution in [3.8, 4) is 11.5 Å². The largest absolute Gasteiger partial charge is 0.494 e. The molecular weight excluding hydrogens is 452 g/mol. The maximum atomic E-state index is 13.4. The van der Waals surface area contributed by atoms with Crippen LogP contribution in [0, 0.1) is 0 Å². The second-order valence-electron chi connectivity index (χ2n) is 7.01. The Morgan fingerprint density at radius 3 is 2.53 bits per heavy atom. The van der Waals surface area contributed by atoms with Gasteiger partial charge in [0.05, 0.1) is 23.7 Å². The molecule has 1 aliphatic heterocycles. The minimum absolute atomic E-state index is 0.110. The molecule has 1 atom stereocenters. The third-order valence-corrected chi connectivity index (χ3v) is 6.88. The quantitative estimate of drug-likeness (QED) is 0.577. The molecule has 3 aromatic rings. The number of carbonyl (C=O) groups excluding carboxylic acids is 1. The van der Waals surface area contributed by atoms with Crippen molar-refractivity contribution in [2.24, 2.45) is 0 Å². The summed E-state index contributed by atoms with van der Waals surface area (Å²) in [6.45, 7) is 2.22. The molecule has 0 bridgehead atoms. The molecule has 0 saturated heterocycles. The molecule has 1 amide bonds. The van der Waals surface area contributed by atoms with E-state index in [1.54, 1.807) is 54.6 Å². The van der Waals surface area contributed by atoms with E-state index in [2.05, 4.69) is 5.32 Å². The van der Waals surface area contributed by atoms with Gasteiger partial charge in [0.1, 0.15) is 11.5 Å². The highest BCUT2D eigenvalue weighted by atomic mass is 35.5. The second-order valence-corrected chi connectivity index (χ2v) is 9.31. The third-order valence-electron chi connectivity index (χ3n) is 4.85. The van der Waals surface area contributed by atoms with Gasteiger partial charge in [0.2, 0.25) is 0 Å². The van der Waals surface area contributed by atoms with Gasteiger partial charge in [0.25, 0.3) is 15.9 Å². The Bertz CT molecular complexity index is 1220. The summed E-state index contributed by atoms with van der Waals surface area (Å²) in [5, 5.41) is 3.13. The number of fused-ring (bicyclic) bond motifs is 1.